The number of hydrogen-bond donors (Lipinski definition) is 1. The van der Waals surface area contributed by atoms with Crippen molar-refractivity contribution in [2.75, 3.05) is 44.7 Å². The van der Waals surface area contributed by atoms with Gasteiger partial charge in [-0.25, -0.2) is 4.79 Å². The zero-order chi connectivity index (χ0) is 22.6. The van der Waals surface area contributed by atoms with Crippen LogP contribution in [0, 0.1) is 0 Å². The smallest absolute Gasteiger partial charge is 0.321 e. The van der Waals surface area contributed by atoms with E-state index in [1.165, 1.54) is 0 Å². The molecule has 8 heteroatoms. The monoisotopic (exact) mass is 475 g/mol. The number of carbonyl (C=O) groups excluding carboxylic acids is 2. The number of anilines is 1. The summed E-state index contributed by atoms with van der Waals surface area (Å²) in [6.07, 6.45) is 2.02. The predicted molar refractivity (Wildman–Crippen MR) is 126 cm³/mol. The highest BCUT2D eigenvalue weighted by molar-refractivity contribution is 6.30. The standard InChI is InChI=1S/C24H27Cl2N3O3/c25-19-4-2-18(3-5-19)24(10-16-32-17-11-24)22(30)28-12-1-13-29(15-14-28)23(31)27-21-8-6-20(26)7-9-21/h2-9H,1,10-17H2,(H,27,31). The normalized spacial score (nSPS) is 18.7. The van der Waals surface area contributed by atoms with Crippen molar-refractivity contribution in [3.05, 3.63) is 64.1 Å². The first-order valence-electron chi connectivity index (χ1n) is 10.9. The van der Waals surface area contributed by atoms with Crippen molar-refractivity contribution < 1.29 is 14.3 Å². The van der Waals surface area contributed by atoms with Crippen LogP contribution in [0.15, 0.2) is 48.5 Å². The summed E-state index contributed by atoms with van der Waals surface area (Å²) in [5.74, 6) is 0.114. The topological polar surface area (TPSA) is 61.9 Å². The Hall–Kier alpha value is -2.28. The van der Waals surface area contributed by atoms with Gasteiger partial charge in [-0.3, -0.25) is 4.79 Å². The van der Waals surface area contributed by atoms with E-state index in [9.17, 15) is 9.59 Å². The van der Waals surface area contributed by atoms with Crippen LogP contribution in [0.4, 0.5) is 10.5 Å². The average molecular weight is 476 g/mol. The van der Waals surface area contributed by atoms with Crippen LogP contribution in [0.3, 0.4) is 0 Å². The first-order valence-corrected chi connectivity index (χ1v) is 11.7. The first kappa shape index (κ1) is 22.9. The number of halogens is 2. The van der Waals surface area contributed by atoms with Crippen molar-refractivity contribution in [1.82, 2.24) is 9.80 Å². The Morgan fingerprint density at radius 2 is 1.38 bits per heavy atom. The molecule has 2 aliphatic rings. The van der Waals surface area contributed by atoms with E-state index in [1.807, 2.05) is 29.2 Å². The number of nitrogens with zero attached hydrogens (tertiary/aromatic N) is 2. The summed E-state index contributed by atoms with van der Waals surface area (Å²) in [6.45, 7) is 3.32. The number of carbonyl (C=O) groups is 2. The van der Waals surface area contributed by atoms with Gasteiger partial charge in [0, 0.05) is 55.1 Å². The average Bonchev–Trinajstić information content (AvgIpc) is 3.07. The second-order valence-electron chi connectivity index (χ2n) is 8.27. The van der Waals surface area contributed by atoms with E-state index in [2.05, 4.69) is 5.32 Å². The van der Waals surface area contributed by atoms with Crippen LogP contribution in [0.5, 0.6) is 0 Å². The van der Waals surface area contributed by atoms with Crippen molar-refractivity contribution in [3.63, 3.8) is 0 Å². The molecule has 0 spiro atoms. The van der Waals surface area contributed by atoms with Crippen molar-refractivity contribution in [2.45, 2.75) is 24.7 Å². The number of rotatable bonds is 3. The third kappa shape index (κ3) is 5.03. The summed E-state index contributed by atoms with van der Waals surface area (Å²) in [5, 5.41) is 4.18. The highest BCUT2D eigenvalue weighted by Crippen LogP contribution is 2.37. The minimum Gasteiger partial charge on any atom is -0.381 e. The molecule has 2 saturated heterocycles. The van der Waals surface area contributed by atoms with Gasteiger partial charge in [-0.15, -0.1) is 0 Å². The molecule has 0 saturated carbocycles. The zero-order valence-electron chi connectivity index (χ0n) is 17.9. The summed E-state index contributed by atoms with van der Waals surface area (Å²) in [5.41, 5.74) is 1.07. The summed E-state index contributed by atoms with van der Waals surface area (Å²) >= 11 is 12.0. The fraction of sp³-hybridized carbons (Fsp3) is 0.417. The van der Waals surface area contributed by atoms with Gasteiger partial charge in [0.15, 0.2) is 0 Å². The number of hydrogen-bond acceptors (Lipinski definition) is 3. The molecule has 0 bridgehead atoms. The lowest BCUT2D eigenvalue weighted by Gasteiger charge is -2.40. The third-order valence-electron chi connectivity index (χ3n) is 6.32. The summed E-state index contributed by atoms with van der Waals surface area (Å²) < 4.78 is 5.58. The summed E-state index contributed by atoms with van der Waals surface area (Å²) in [6, 6.07) is 14.4. The molecule has 2 fully saturated rings. The van der Waals surface area contributed by atoms with E-state index in [-0.39, 0.29) is 11.9 Å². The molecule has 0 aliphatic carbocycles. The number of nitrogens with one attached hydrogen (secondary N) is 1. The van der Waals surface area contributed by atoms with Gasteiger partial charge in [0.2, 0.25) is 5.91 Å². The predicted octanol–water partition coefficient (Wildman–Crippen LogP) is 4.81. The van der Waals surface area contributed by atoms with Gasteiger partial charge in [-0.1, -0.05) is 35.3 Å². The molecule has 0 atom stereocenters. The Labute approximate surface area is 198 Å². The fourth-order valence-electron chi connectivity index (χ4n) is 4.48. The van der Waals surface area contributed by atoms with Crippen LogP contribution in [0.1, 0.15) is 24.8 Å². The molecule has 6 nitrogen and oxygen atoms in total. The van der Waals surface area contributed by atoms with Crippen LogP contribution in [-0.4, -0.2) is 61.1 Å². The van der Waals surface area contributed by atoms with Crippen molar-refractivity contribution in [1.29, 1.82) is 0 Å². The maximum atomic E-state index is 13.8. The minimum atomic E-state index is -0.608. The maximum absolute atomic E-state index is 13.8. The summed E-state index contributed by atoms with van der Waals surface area (Å²) in [7, 11) is 0. The van der Waals surface area contributed by atoms with Crippen LogP contribution in [0.25, 0.3) is 0 Å². The van der Waals surface area contributed by atoms with Crippen LogP contribution in [0.2, 0.25) is 10.0 Å². The van der Waals surface area contributed by atoms with Crippen molar-refractivity contribution >= 4 is 40.8 Å². The third-order valence-corrected chi connectivity index (χ3v) is 6.82. The molecule has 0 unspecified atom stereocenters. The lowest BCUT2D eigenvalue weighted by Crippen LogP contribution is -2.51. The largest absolute Gasteiger partial charge is 0.381 e. The van der Waals surface area contributed by atoms with E-state index < -0.39 is 5.41 Å². The highest BCUT2D eigenvalue weighted by atomic mass is 35.5. The molecule has 2 aliphatic heterocycles. The van der Waals surface area contributed by atoms with E-state index in [1.54, 1.807) is 29.2 Å². The molecule has 170 valence electrons. The molecule has 2 heterocycles. The van der Waals surface area contributed by atoms with Gasteiger partial charge in [-0.05, 0) is 61.2 Å². The van der Waals surface area contributed by atoms with Crippen LogP contribution >= 0.6 is 23.2 Å². The Kier molecular flexibility index (Phi) is 7.23. The maximum Gasteiger partial charge on any atom is 0.321 e. The second-order valence-corrected chi connectivity index (χ2v) is 9.14. The molecular weight excluding hydrogens is 449 g/mol. The van der Waals surface area contributed by atoms with Crippen LogP contribution in [-0.2, 0) is 14.9 Å². The van der Waals surface area contributed by atoms with Crippen molar-refractivity contribution in [2.24, 2.45) is 0 Å². The Morgan fingerprint density at radius 3 is 2.03 bits per heavy atom. The molecule has 1 N–H and O–H groups in total. The quantitative estimate of drug-likeness (QED) is 0.692. The Balaban J connectivity index is 1.45. The lowest BCUT2D eigenvalue weighted by molar-refractivity contribution is -0.141. The van der Waals surface area contributed by atoms with Crippen LogP contribution < -0.4 is 5.32 Å². The van der Waals surface area contributed by atoms with Gasteiger partial charge in [-0.2, -0.15) is 0 Å². The molecular formula is C24H27Cl2N3O3. The Bertz CT molecular complexity index is 944. The van der Waals surface area contributed by atoms with E-state index in [0.29, 0.717) is 68.0 Å². The number of urea groups is 1. The minimum absolute atomic E-state index is 0.114. The lowest BCUT2D eigenvalue weighted by atomic mass is 9.73. The first-order chi connectivity index (χ1) is 15.5. The van der Waals surface area contributed by atoms with Gasteiger partial charge in [0.25, 0.3) is 0 Å². The molecule has 4 rings (SSSR count). The van der Waals surface area contributed by atoms with Crippen molar-refractivity contribution in [3.8, 4) is 0 Å². The van der Waals surface area contributed by atoms with E-state index in [4.69, 9.17) is 27.9 Å². The zero-order valence-corrected chi connectivity index (χ0v) is 19.4. The number of amides is 3. The molecule has 3 amide bonds. The van der Waals surface area contributed by atoms with E-state index >= 15 is 0 Å². The second kappa shape index (κ2) is 10.1. The summed E-state index contributed by atoms with van der Waals surface area (Å²) in [4.78, 5) is 30.2. The van der Waals surface area contributed by atoms with Gasteiger partial charge in [0.1, 0.15) is 0 Å². The van der Waals surface area contributed by atoms with E-state index in [0.717, 1.165) is 12.0 Å². The fourth-order valence-corrected chi connectivity index (χ4v) is 4.73. The highest BCUT2D eigenvalue weighted by Gasteiger charge is 2.44. The molecule has 32 heavy (non-hydrogen) atoms. The van der Waals surface area contributed by atoms with Gasteiger partial charge in [0.05, 0.1) is 5.41 Å². The molecule has 0 radical (unpaired) electrons. The molecule has 0 aromatic heterocycles. The van der Waals surface area contributed by atoms with Gasteiger partial charge < -0.3 is 19.9 Å². The molecule has 2 aromatic rings. The number of ether oxygens (including phenoxy) is 1. The number of benzene rings is 2. The van der Waals surface area contributed by atoms with Gasteiger partial charge >= 0.3 is 6.03 Å². The SMILES string of the molecule is O=C(Nc1ccc(Cl)cc1)N1CCCN(C(=O)C2(c3ccc(Cl)cc3)CCOCC2)CC1. The molecule has 2 aromatic carbocycles. The Morgan fingerprint density at radius 1 is 0.812 bits per heavy atom.